The summed E-state index contributed by atoms with van der Waals surface area (Å²) in [7, 11) is 0. The number of nitriles is 1. The van der Waals surface area contributed by atoms with Crippen LogP contribution < -0.4 is 0 Å². The molecule has 1 aliphatic heterocycles. The quantitative estimate of drug-likeness (QED) is 0.576. The first-order valence-electron chi connectivity index (χ1n) is 4.02. The van der Waals surface area contributed by atoms with Crippen LogP contribution in [0.2, 0.25) is 0 Å². The van der Waals surface area contributed by atoms with Gasteiger partial charge in [-0.15, -0.1) is 0 Å². The summed E-state index contributed by atoms with van der Waals surface area (Å²) < 4.78 is 0. The van der Waals surface area contributed by atoms with Gasteiger partial charge in [0.15, 0.2) is 0 Å². The Morgan fingerprint density at radius 2 is 2.10 bits per heavy atom. The molecule has 1 heterocycles. The van der Waals surface area contributed by atoms with Crippen LogP contribution in [0.25, 0.3) is 0 Å². The molecular weight excluding hydrogens is 124 g/mol. The Balaban J connectivity index is 2.38. The molecule has 0 aromatic heterocycles. The van der Waals surface area contributed by atoms with Crippen LogP contribution in [0.4, 0.5) is 0 Å². The van der Waals surface area contributed by atoms with E-state index < -0.39 is 0 Å². The van der Waals surface area contributed by atoms with Gasteiger partial charge in [0.25, 0.3) is 0 Å². The van der Waals surface area contributed by atoms with Crippen molar-refractivity contribution < 1.29 is 0 Å². The van der Waals surface area contributed by atoms with Crippen LogP contribution in [0, 0.1) is 11.3 Å². The third kappa shape index (κ3) is 1.48. The first-order valence-corrected chi connectivity index (χ1v) is 4.02. The van der Waals surface area contributed by atoms with E-state index in [1.807, 2.05) is 0 Å². The first-order chi connectivity index (χ1) is 4.88. The minimum absolute atomic E-state index is 0.183. The lowest BCUT2D eigenvalue weighted by Crippen LogP contribution is -2.30. The van der Waals surface area contributed by atoms with Crippen LogP contribution in [0.1, 0.15) is 26.2 Å². The zero-order chi connectivity index (χ0) is 7.40. The van der Waals surface area contributed by atoms with Gasteiger partial charge in [-0.3, -0.25) is 4.90 Å². The number of hydrogen-bond donors (Lipinski definition) is 0. The van der Waals surface area contributed by atoms with E-state index >= 15 is 0 Å². The van der Waals surface area contributed by atoms with Crippen molar-refractivity contribution in [2.45, 2.75) is 32.2 Å². The lowest BCUT2D eigenvalue weighted by molar-refractivity contribution is 0.284. The highest BCUT2D eigenvalue weighted by atomic mass is 15.2. The molecule has 0 saturated carbocycles. The normalized spacial score (nSPS) is 22.4. The Labute approximate surface area is 62.4 Å². The third-order valence-corrected chi connectivity index (χ3v) is 2.12. The Morgan fingerprint density at radius 1 is 1.50 bits per heavy atom. The molecule has 2 heteroatoms. The molecule has 0 aliphatic carbocycles. The highest BCUT2D eigenvalue weighted by molar-refractivity contribution is 4.92. The Bertz CT molecular complexity index is 131. The van der Waals surface area contributed by atoms with Gasteiger partial charge >= 0.3 is 0 Å². The van der Waals surface area contributed by atoms with Gasteiger partial charge in [0.05, 0.1) is 12.1 Å². The van der Waals surface area contributed by atoms with Crippen molar-refractivity contribution in [3.8, 4) is 6.07 Å². The summed E-state index contributed by atoms with van der Waals surface area (Å²) in [6, 6.07) is 2.50. The summed E-state index contributed by atoms with van der Waals surface area (Å²) >= 11 is 0. The number of nitrogens with zero attached hydrogens (tertiary/aromatic N) is 2. The van der Waals surface area contributed by atoms with E-state index in [0.29, 0.717) is 0 Å². The fourth-order valence-corrected chi connectivity index (χ4v) is 1.48. The minimum atomic E-state index is 0.183. The Hall–Kier alpha value is -0.550. The summed E-state index contributed by atoms with van der Waals surface area (Å²) in [5, 5.41) is 8.69. The topological polar surface area (TPSA) is 27.0 Å². The molecule has 0 radical (unpaired) electrons. The fourth-order valence-electron chi connectivity index (χ4n) is 1.48. The molecule has 1 saturated heterocycles. The van der Waals surface area contributed by atoms with Crippen molar-refractivity contribution in [2.75, 3.05) is 13.1 Å². The van der Waals surface area contributed by atoms with E-state index in [9.17, 15) is 0 Å². The molecule has 0 aromatic rings. The Kier molecular flexibility index (Phi) is 2.70. The van der Waals surface area contributed by atoms with Crippen LogP contribution in [-0.4, -0.2) is 24.0 Å². The molecule has 0 aromatic carbocycles. The minimum Gasteiger partial charge on any atom is -0.288 e. The van der Waals surface area contributed by atoms with Crippen molar-refractivity contribution in [3.63, 3.8) is 0 Å². The smallest absolute Gasteiger partial charge is 0.0975 e. The molecule has 1 fully saturated rings. The molecule has 0 unspecified atom stereocenters. The van der Waals surface area contributed by atoms with E-state index in [-0.39, 0.29) is 6.04 Å². The second-order valence-corrected chi connectivity index (χ2v) is 2.80. The van der Waals surface area contributed by atoms with Gasteiger partial charge < -0.3 is 0 Å². The maximum atomic E-state index is 8.69. The molecule has 0 bridgehead atoms. The van der Waals surface area contributed by atoms with Gasteiger partial charge in [0, 0.05) is 0 Å². The maximum absolute atomic E-state index is 8.69. The van der Waals surface area contributed by atoms with Gasteiger partial charge in [0.2, 0.25) is 0 Å². The van der Waals surface area contributed by atoms with Crippen molar-refractivity contribution >= 4 is 0 Å². The van der Waals surface area contributed by atoms with Crippen molar-refractivity contribution in [2.24, 2.45) is 0 Å². The molecule has 56 valence electrons. The van der Waals surface area contributed by atoms with Gasteiger partial charge in [-0.25, -0.2) is 0 Å². The SMILES string of the molecule is CC[C@@H](C#N)N1CCCC1. The fraction of sp³-hybridized carbons (Fsp3) is 0.875. The molecule has 1 rings (SSSR count). The summed E-state index contributed by atoms with van der Waals surface area (Å²) in [5.41, 5.74) is 0. The van der Waals surface area contributed by atoms with Gasteiger partial charge in [0.1, 0.15) is 0 Å². The molecule has 0 spiro atoms. The van der Waals surface area contributed by atoms with E-state index in [1.54, 1.807) is 0 Å². The highest BCUT2D eigenvalue weighted by Crippen LogP contribution is 2.12. The summed E-state index contributed by atoms with van der Waals surface area (Å²) in [6.07, 6.45) is 3.52. The second kappa shape index (κ2) is 3.58. The van der Waals surface area contributed by atoms with Crippen LogP contribution in [0.5, 0.6) is 0 Å². The highest BCUT2D eigenvalue weighted by Gasteiger charge is 2.18. The molecule has 1 aliphatic rings. The molecular formula is C8H14N2. The van der Waals surface area contributed by atoms with Crippen LogP contribution in [-0.2, 0) is 0 Å². The number of hydrogen-bond acceptors (Lipinski definition) is 2. The van der Waals surface area contributed by atoms with Crippen molar-refractivity contribution in [1.82, 2.24) is 4.90 Å². The van der Waals surface area contributed by atoms with Crippen LogP contribution in [0.15, 0.2) is 0 Å². The lowest BCUT2D eigenvalue weighted by Gasteiger charge is -2.18. The molecule has 0 N–H and O–H groups in total. The third-order valence-electron chi connectivity index (χ3n) is 2.12. The standard InChI is InChI=1S/C8H14N2/c1-2-8(7-9)10-5-3-4-6-10/h8H,2-6H2,1H3/t8-/m0/s1. The second-order valence-electron chi connectivity index (χ2n) is 2.80. The van der Waals surface area contributed by atoms with E-state index in [0.717, 1.165) is 19.5 Å². The summed E-state index contributed by atoms with van der Waals surface area (Å²) in [4.78, 5) is 2.28. The first kappa shape index (κ1) is 7.56. The number of likely N-dealkylation sites (tertiary alicyclic amines) is 1. The van der Waals surface area contributed by atoms with E-state index in [2.05, 4.69) is 17.9 Å². The van der Waals surface area contributed by atoms with Crippen molar-refractivity contribution in [3.05, 3.63) is 0 Å². The Morgan fingerprint density at radius 3 is 2.50 bits per heavy atom. The maximum Gasteiger partial charge on any atom is 0.0975 e. The predicted molar refractivity (Wildman–Crippen MR) is 40.5 cm³/mol. The summed E-state index contributed by atoms with van der Waals surface area (Å²) in [6.45, 7) is 4.34. The zero-order valence-electron chi connectivity index (χ0n) is 6.51. The van der Waals surface area contributed by atoms with Crippen LogP contribution in [0.3, 0.4) is 0 Å². The predicted octanol–water partition coefficient (Wildman–Crippen LogP) is 1.38. The zero-order valence-corrected chi connectivity index (χ0v) is 6.51. The summed E-state index contributed by atoms with van der Waals surface area (Å²) in [5.74, 6) is 0. The van der Waals surface area contributed by atoms with Gasteiger partial charge in [-0.05, 0) is 32.4 Å². The molecule has 10 heavy (non-hydrogen) atoms. The monoisotopic (exact) mass is 138 g/mol. The average Bonchev–Trinajstić information content (AvgIpc) is 2.43. The van der Waals surface area contributed by atoms with Gasteiger partial charge in [-0.1, -0.05) is 6.92 Å². The van der Waals surface area contributed by atoms with Crippen LogP contribution >= 0.6 is 0 Å². The van der Waals surface area contributed by atoms with E-state index in [1.165, 1.54) is 12.8 Å². The molecule has 2 nitrogen and oxygen atoms in total. The number of rotatable bonds is 2. The van der Waals surface area contributed by atoms with Gasteiger partial charge in [-0.2, -0.15) is 5.26 Å². The molecule has 1 atom stereocenters. The van der Waals surface area contributed by atoms with Crippen molar-refractivity contribution in [1.29, 1.82) is 5.26 Å². The average molecular weight is 138 g/mol. The lowest BCUT2D eigenvalue weighted by atomic mass is 10.2. The molecule has 0 amide bonds. The largest absolute Gasteiger partial charge is 0.288 e. The van der Waals surface area contributed by atoms with E-state index in [4.69, 9.17) is 5.26 Å².